The maximum atomic E-state index is 11.7. The van der Waals surface area contributed by atoms with Gasteiger partial charge in [-0.3, -0.25) is 0 Å². The zero-order valence-electron chi connectivity index (χ0n) is 4.66. The van der Waals surface area contributed by atoms with Crippen LogP contribution in [-0.4, -0.2) is 19.5 Å². The van der Waals surface area contributed by atoms with Crippen LogP contribution in [0.3, 0.4) is 0 Å². The first kappa shape index (κ1) is 10.7. The molecule has 47 valence electrons. The summed E-state index contributed by atoms with van der Waals surface area (Å²) < 4.78 is 33.7. The largest absolute Gasteiger partial charge is 0.221 e. The van der Waals surface area contributed by atoms with Crippen LogP contribution in [0.5, 0.6) is 0 Å². The topological polar surface area (TPSA) is 3.24 Å². The fraction of sp³-hybridized carbons (Fsp3) is 1.00. The van der Waals surface area contributed by atoms with Gasteiger partial charge in [0.1, 0.15) is 0 Å². The molecule has 0 atom stereocenters. The van der Waals surface area contributed by atoms with E-state index in [9.17, 15) is 13.4 Å². The van der Waals surface area contributed by atoms with E-state index in [0.717, 1.165) is 13.8 Å². The highest BCUT2D eigenvalue weighted by molar-refractivity contribution is 5.75. The summed E-state index contributed by atoms with van der Waals surface area (Å²) in [4.78, 5) is 0. The minimum absolute atomic E-state index is 0. The monoisotopic (exact) mass is 124 g/mol. The van der Waals surface area contributed by atoms with Crippen molar-refractivity contribution in [1.82, 2.24) is 5.34 Å². The van der Waals surface area contributed by atoms with E-state index in [2.05, 4.69) is 0 Å². The normalized spacial score (nSPS) is 11.2. The Morgan fingerprint density at radius 2 is 1.38 bits per heavy atom. The number of alkyl halides is 1. The third-order valence-electron chi connectivity index (χ3n) is 0.402. The Kier molecular flexibility index (Phi) is 3.98. The lowest BCUT2D eigenvalue weighted by atomic mass is 10.4. The molecule has 0 aliphatic heterocycles. The predicted molar refractivity (Wildman–Crippen MR) is 25.0 cm³/mol. The van der Waals surface area contributed by atoms with Crippen LogP contribution in [0.25, 0.3) is 0 Å². The van der Waals surface area contributed by atoms with Crippen LogP contribution in [0, 0.1) is 0 Å². The van der Waals surface area contributed by atoms with Gasteiger partial charge in [0, 0.05) is 8.41 Å². The van der Waals surface area contributed by atoms with E-state index >= 15 is 0 Å². The van der Waals surface area contributed by atoms with Crippen LogP contribution in [0.2, 0.25) is 0 Å². The molecule has 0 unspecified atom stereocenters. The second-order valence-electron chi connectivity index (χ2n) is 1.64. The summed E-state index contributed by atoms with van der Waals surface area (Å²) in [6, 6.07) is 0. The van der Waals surface area contributed by atoms with E-state index in [1.807, 2.05) is 0 Å². The molecule has 0 saturated heterocycles. The highest BCUT2D eigenvalue weighted by atomic mass is 19.4. The molecule has 1 nitrogen and oxygen atoms in total. The van der Waals surface area contributed by atoms with Gasteiger partial charge in [-0.2, -0.15) is 0 Å². The van der Waals surface area contributed by atoms with Crippen molar-refractivity contribution in [3.63, 3.8) is 0 Å². The molecule has 0 N–H and O–H groups in total. The average Bonchev–Trinajstić information content (AvgIpc) is 1.31. The molecule has 8 heavy (non-hydrogen) atoms. The van der Waals surface area contributed by atoms with Gasteiger partial charge in [-0.05, 0) is 13.8 Å². The molecule has 5 heteroatoms. The van der Waals surface area contributed by atoms with Crippen molar-refractivity contribution in [3.05, 3.63) is 0 Å². The molecule has 0 spiro atoms. The smallest absolute Gasteiger partial charge is 0.216 e. The summed E-state index contributed by atoms with van der Waals surface area (Å²) in [5.74, 6) is -2.50. The second-order valence-corrected chi connectivity index (χ2v) is 1.64. The lowest BCUT2D eigenvalue weighted by Gasteiger charge is -2.11. The molecule has 0 saturated carbocycles. The van der Waals surface area contributed by atoms with Crippen molar-refractivity contribution >= 4 is 8.41 Å². The van der Waals surface area contributed by atoms with Crippen molar-refractivity contribution in [2.24, 2.45) is 0 Å². The van der Waals surface area contributed by atoms with Gasteiger partial charge < -0.3 is 0 Å². The highest BCUT2D eigenvalue weighted by Gasteiger charge is 2.25. The number of hydrogen-bond acceptors (Lipinski definition) is 1. The van der Waals surface area contributed by atoms with Gasteiger partial charge in [0.15, 0.2) is 0 Å². The molecule has 0 bridgehead atoms. The summed E-state index contributed by atoms with van der Waals surface area (Å²) in [7, 11) is 0. The van der Waals surface area contributed by atoms with Gasteiger partial charge in [-0.25, -0.2) is 4.39 Å². The Morgan fingerprint density at radius 1 is 1.25 bits per heavy atom. The maximum Gasteiger partial charge on any atom is 0.216 e. The molecule has 0 aliphatic carbocycles. The predicted octanol–water partition coefficient (Wildman–Crippen LogP) is 1.38. The summed E-state index contributed by atoms with van der Waals surface area (Å²) in [5.41, 5.74) is 0. The highest BCUT2D eigenvalue weighted by Crippen LogP contribution is 2.15. The van der Waals surface area contributed by atoms with Crippen LogP contribution < -0.4 is 0 Å². The fourth-order valence-corrected chi connectivity index (χ4v) is 0. The summed E-state index contributed by atoms with van der Waals surface area (Å²) >= 11 is 0. The van der Waals surface area contributed by atoms with E-state index < -0.39 is 11.1 Å². The molecule has 0 aromatic carbocycles. The Hall–Kier alpha value is -0.185. The Morgan fingerprint density at radius 3 is 1.38 bits per heavy atom. The van der Waals surface area contributed by atoms with E-state index in [4.69, 9.17) is 0 Å². The first-order chi connectivity index (χ1) is 2.94. The Bertz CT molecular complexity index is 60.0. The zero-order chi connectivity index (χ0) is 6.08. The molecular formula is C3H6BF3N. The molecule has 0 rings (SSSR count). The van der Waals surface area contributed by atoms with E-state index in [1.165, 1.54) is 0 Å². The summed E-state index contributed by atoms with van der Waals surface area (Å²) in [6.07, 6.45) is 0. The second kappa shape index (κ2) is 2.97. The molecule has 0 fully saturated rings. The van der Waals surface area contributed by atoms with Crippen molar-refractivity contribution in [3.8, 4) is 0 Å². The van der Waals surface area contributed by atoms with E-state index in [1.54, 1.807) is 0 Å². The molecule has 0 aliphatic rings. The molecule has 0 amide bonds. The number of nitrogens with zero attached hydrogens (tertiary/aromatic N) is 1. The minimum Gasteiger partial charge on any atom is -0.221 e. The van der Waals surface area contributed by atoms with Gasteiger partial charge in [-0.1, -0.05) is 8.96 Å². The third kappa shape index (κ3) is 3.99. The van der Waals surface area contributed by atoms with Crippen LogP contribution in [0.1, 0.15) is 13.8 Å². The molecule has 0 aromatic rings. The number of halogens is 3. The minimum atomic E-state index is -2.50. The van der Waals surface area contributed by atoms with E-state index in [-0.39, 0.29) is 8.41 Å². The van der Waals surface area contributed by atoms with Crippen molar-refractivity contribution < 1.29 is 13.4 Å². The number of hydrogen-bond donors (Lipinski definition) is 0. The molecule has 0 heterocycles. The lowest BCUT2D eigenvalue weighted by molar-refractivity contribution is -0.264. The first-order valence-electron chi connectivity index (χ1n) is 1.75. The molecule has 3 radical (unpaired) electrons. The Labute approximate surface area is 47.9 Å². The number of rotatable bonds is 1. The Balaban J connectivity index is 0. The van der Waals surface area contributed by atoms with Crippen LogP contribution in [0.4, 0.5) is 13.4 Å². The van der Waals surface area contributed by atoms with Gasteiger partial charge >= 0.3 is 0 Å². The van der Waals surface area contributed by atoms with Crippen LogP contribution in [0.15, 0.2) is 0 Å². The summed E-state index contributed by atoms with van der Waals surface area (Å²) in [5, 5.41) is -1.48. The van der Waals surface area contributed by atoms with Crippen LogP contribution >= 0.6 is 0 Å². The van der Waals surface area contributed by atoms with Gasteiger partial charge in [0.05, 0.1) is 5.34 Å². The van der Waals surface area contributed by atoms with Crippen LogP contribution in [-0.2, 0) is 0 Å². The quantitative estimate of drug-likeness (QED) is 0.290. The van der Waals surface area contributed by atoms with Crippen molar-refractivity contribution in [2.45, 2.75) is 19.6 Å². The molecule has 0 aromatic heterocycles. The lowest BCUT2D eigenvalue weighted by Crippen LogP contribution is -2.25. The van der Waals surface area contributed by atoms with Gasteiger partial charge in [0.2, 0.25) is 5.79 Å². The first-order valence-corrected chi connectivity index (χ1v) is 1.75. The van der Waals surface area contributed by atoms with Gasteiger partial charge in [0.25, 0.3) is 0 Å². The molecular weight excluding hydrogens is 118 g/mol. The third-order valence-corrected chi connectivity index (χ3v) is 0.402. The average molecular weight is 124 g/mol. The van der Waals surface area contributed by atoms with Crippen molar-refractivity contribution in [1.29, 1.82) is 0 Å². The van der Waals surface area contributed by atoms with Crippen molar-refractivity contribution in [2.75, 3.05) is 0 Å². The van der Waals surface area contributed by atoms with E-state index in [0.29, 0.717) is 0 Å². The summed E-state index contributed by atoms with van der Waals surface area (Å²) in [6.45, 7) is 1.54. The SMILES string of the molecule is CC(C)(F)N(F)F.[B]. The maximum absolute atomic E-state index is 11.7. The fourth-order valence-electron chi connectivity index (χ4n) is 0. The van der Waals surface area contributed by atoms with Gasteiger partial charge in [-0.15, -0.1) is 0 Å². The standard InChI is InChI=1S/C3H6F3N.B/c1-3(2,4)7(5)6;/h1-2H3;. The zero-order valence-corrected chi connectivity index (χ0v) is 4.66.